The molecule has 1 N–H and O–H groups in total. The summed E-state index contributed by atoms with van der Waals surface area (Å²) in [6.45, 7) is 1.39. The summed E-state index contributed by atoms with van der Waals surface area (Å²) in [4.78, 5) is 3.98. The molecule has 4 nitrogen and oxygen atoms in total. The number of alkyl halides is 3. The maximum Gasteiger partial charge on any atom is 0.417 e. The van der Waals surface area contributed by atoms with Crippen LogP contribution in [-0.2, 0) is 17.5 Å². The van der Waals surface area contributed by atoms with Gasteiger partial charge in [-0.05, 0) is 6.07 Å². The van der Waals surface area contributed by atoms with Gasteiger partial charge in [0.25, 0.3) is 0 Å². The molecule has 21 heavy (non-hydrogen) atoms. The van der Waals surface area contributed by atoms with Crippen LogP contribution in [0.1, 0.15) is 11.3 Å². The number of aromatic nitrogens is 1. The molecule has 0 saturated heterocycles. The first-order chi connectivity index (χ1) is 10.0. The number of halogens is 3. The fraction of sp³-hybridized carbons (Fsp3) is 0.357. The second kappa shape index (κ2) is 6.73. The molecule has 0 unspecified atom stereocenters. The van der Waals surface area contributed by atoms with Gasteiger partial charge >= 0.3 is 6.18 Å². The average Bonchev–Trinajstić information content (AvgIpc) is 2.91. The molecule has 0 radical (unpaired) electrons. The fourth-order valence-electron chi connectivity index (χ4n) is 1.92. The predicted molar refractivity (Wildman–Crippen MR) is 70.5 cm³/mol. The first-order valence-corrected chi connectivity index (χ1v) is 6.32. The van der Waals surface area contributed by atoms with Crippen LogP contribution in [0.25, 0.3) is 11.3 Å². The number of benzene rings is 1. The normalized spacial score (nSPS) is 11.8. The molecule has 0 aliphatic heterocycles. The van der Waals surface area contributed by atoms with Gasteiger partial charge in [0.05, 0.1) is 12.2 Å². The summed E-state index contributed by atoms with van der Waals surface area (Å²) < 4.78 is 49.1. The van der Waals surface area contributed by atoms with E-state index in [1.54, 1.807) is 7.11 Å². The molecule has 0 bridgehead atoms. The largest absolute Gasteiger partial charge is 0.443 e. The molecular weight excluding hydrogens is 285 g/mol. The van der Waals surface area contributed by atoms with Gasteiger partial charge in [-0.2, -0.15) is 13.2 Å². The molecular formula is C14H15F3N2O2. The Morgan fingerprint density at radius 3 is 2.76 bits per heavy atom. The maximum absolute atomic E-state index is 13.0. The van der Waals surface area contributed by atoms with E-state index in [1.807, 2.05) is 0 Å². The van der Waals surface area contributed by atoms with Crippen molar-refractivity contribution in [2.45, 2.75) is 12.7 Å². The van der Waals surface area contributed by atoms with Gasteiger partial charge in [0.15, 0.2) is 12.2 Å². The average molecular weight is 300 g/mol. The van der Waals surface area contributed by atoms with E-state index < -0.39 is 11.7 Å². The van der Waals surface area contributed by atoms with Gasteiger partial charge in [0.2, 0.25) is 0 Å². The molecule has 0 aliphatic carbocycles. The molecule has 0 atom stereocenters. The lowest BCUT2D eigenvalue weighted by Gasteiger charge is -2.11. The molecule has 2 rings (SSSR count). The highest BCUT2D eigenvalue weighted by Gasteiger charge is 2.34. The predicted octanol–water partition coefficient (Wildman–Crippen LogP) is 3.10. The van der Waals surface area contributed by atoms with Gasteiger partial charge < -0.3 is 14.5 Å². The third-order valence-electron chi connectivity index (χ3n) is 2.89. The number of oxazole rings is 1. The number of hydrogen-bond acceptors (Lipinski definition) is 4. The molecule has 0 spiro atoms. The number of rotatable bonds is 6. The lowest BCUT2D eigenvalue weighted by atomic mass is 10.0. The van der Waals surface area contributed by atoms with Crippen molar-refractivity contribution in [1.82, 2.24) is 10.3 Å². The zero-order valence-electron chi connectivity index (χ0n) is 11.4. The van der Waals surface area contributed by atoms with E-state index in [0.717, 1.165) is 12.5 Å². The van der Waals surface area contributed by atoms with Crippen molar-refractivity contribution in [3.05, 3.63) is 41.9 Å². The van der Waals surface area contributed by atoms with Gasteiger partial charge in [0.1, 0.15) is 5.69 Å². The number of nitrogens with zero attached hydrogens (tertiary/aromatic N) is 1. The fourth-order valence-corrected chi connectivity index (χ4v) is 1.92. The highest BCUT2D eigenvalue weighted by atomic mass is 19.4. The third-order valence-corrected chi connectivity index (χ3v) is 2.89. The van der Waals surface area contributed by atoms with Crippen LogP contribution in [0.15, 0.2) is 35.1 Å². The third kappa shape index (κ3) is 3.83. The Hall–Kier alpha value is -1.86. The van der Waals surface area contributed by atoms with E-state index in [-0.39, 0.29) is 11.3 Å². The van der Waals surface area contributed by atoms with Crippen molar-refractivity contribution in [2.24, 2.45) is 0 Å². The van der Waals surface area contributed by atoms with Gasteiger partial charge in [0, 0.05) is 25.8 Å². The minimum atomic E-state index is -4.44. The molecule has 1 heterocycles. The number of nitrogens with one attached hydrogen (secondary N) is 1. The van der Waals surface area contributed by atoms with Crippen LogP contribution in [0.4, 0.5) is 13.2 Å². The molecule has 7 heteroatoms. The Morgan fingerprint density at radius 1 is 1.29 bits per heavy atom. The van der Waals surface area contributed by atoms with Gasteiger partial charge in [-0.3, -0.25) is 0 Å². The Bertz CT molecular complexity index is 582. The standard InChI is InChI=1S/C14H15F3N2O2/c1-20-7-6-18-8-12-13(21-9-19-12)10-4-2-3-5-11(10)14(15,16)17/h2-5,9,18H,6-8H2,1H3. The Morgan fingerprint density at radius 2 is 2.05 bits per heavy atom. The van der Waals surface area contributed by atoms with Crippen molar-refractivity contribution < 1.29 is 22.3 Å². The minimum absolute atomic E-state index is 0.00829. The minimum Gasteiger partial charge on any atom is -0.443 e. The zero-order chi connectivity index (χ0) is 15.3. The van der Waals surface area contributed by atoms with E-state index in [1.165, 1.54) is 18.2 Å². The Labute approximate surface area is 119 Å². The number of hydrogen-bond donors (Lipinski definition) is 1. The van der Waals surface area contributed by atoms with E-state index in [0.29, 0.717) is 25.4 Å². The molecule has 0 saturated carbocycles. The van der Waals surface area contributed by atoms with Crippen molar-refractivity contribution in [2.75, 3.05) is 20.3 Å². The SMILES string of the molecule is COCCNCc1ncoc1-c1ccccc1C(F)(F)F. The van der Waals surface area contributed by atoms with Gasteiger partial charge in [-0.15, -0.1) is 0 Å². The topological polar surface area (TPSA) is 47.3 Å². The Kier molecular flexibility index (Phi) is 4.98. The lowest BCUT2D eigenvalue weighted by molar-refractivity contribution is -0.137. The summed E-state index contributed by atoms with van der Waals surface area (Å²) in [6.07, 6.45) is -3.29. The zero-order valence-corrected chi connectivity index (χ0v) is 11.4. The second-order valence-electron chi connectivity index (χ2n) is 4.34. The van der Waals surface area contributed by atoms with Crippen LogP contribution in [0.5, 0.6) is 0 Å². The van der Waals surface area contributed by atoms with Crippen molar-refractivity contribution in [3.8, 4) is 11.3 Å². The Balaban J connectivity index is 2.25. The lowest BCUT2D eigenvalue weighted by Crippen LogP contribution is -2.19. The first-order valence-electron chi connectivity index (χ1n) is 6.32. The van der Waals surface area contributed by atoms with Crippen molar-refractivity contribution in [1.29, 1.82) is 0 Å². The van der Waals surface area contributed by atoms with E-state index >= 15 is 0 Å². The summed E-state index contributed by atoms with van der Waals surface area (Å²) in [5.41, 5.74) is -0.311. The smallest absolute Gasteiger partial charge is 0.417 e. The van der Waals surface area contributed by atoms with Crippen molar-refractivity contribution >= 4 is 0 Å². The van der Waals surface area contributed by atoms with Gasteiger partial charge in [-0.25, -0.2) is 4.98 Å². The molecule has 1 aromatic carbocycles. The van der Waals surface area contributed by atoms with Crippen LogP contribution in [0.3, 0.4) is 0 Å². The highest BCUT2D eigenvalue weighted by Crippen LogP contribution is 2.37. The summed E-state index contributed by atoms with van der Waals surface area (Å²) >= 11 is 0. The molecule has 2 aromatic rings. The summed E-state index contributed by atoms with van der Waals surface area (Å²) in [5.74, 6) is 0.132. The summed E-state index contributed by atoms with van der Waals surface area (Å²) in [5, 5.41) is 3.03. The van der Waals surface area contributed by atoms with Crippen molar-refractivity contribution in [3.63, 3.8) is 0 Å². The molecule has 114 valence electrons. The highest BCUT2D eigenvalue weighted by molar-refractivity contribution is 5.64. The number of ether oxygens (including phenoxy) is 1. The van der Waals surface area contributed by atoms with Gasteiger partial charge in [-0.1, -0.05) is 18.2 Å². The van der Waals surface area contributed by atoms with E-state index in [9.17, 15) is 13.2 Å². The second-order valence-corrected chi connectivity index (χ2v) is 4.34. The quantitative estimate of drug-likeness (QED) is 0.833. The molecule has 0 fully saturated rings. The monoisotopic (exact) mass is 300 g/mol. The molecule has 1 aromatic heterocycles. The molecule has 0 amide bonds. The first kappa shape index (κ1) is 15.5. The number of methoxy groups -OCH3 is 1. The summed E-state index contributed by atoms with van der Waals surface area (Å²) in [7, 11) is 1.57. The van der Waals surface area contributed by atoms with Crippen LogP contribution in [0.2, 0.25) is 0 Å². The summed E-state index contributed by atoms with van der Waals surface area (Å²) in [6, 6.07) is 5.29. The van der Waals surface area contributed by atoms with E-state index in [4.69, 9.17) is 9.15 Å². The molecule has 0 aliphatic rings. The maximum atomic E-state index is 13.0. The van der Waals surface area contributed by atoms with Crippen LogP contribution < -0.4 is 5.32 Å². The van der Waals surface area contributed by atoms with Crippen LogP contribution >= 0.6 is 0 Å². The van der Waals surface area contributed by atoms with E-state index in [2.05, 4.69) is 10.3 Å². The van der Waals surface area contributed by atoms with Crippen LogP contribution in [-0.4, -0.2) is 25.2 Å². The van der Waals surface area contributed by atoms with Crippen LogP contribution in [0, 0.1) is 0 Å².